The van der Waals surface area contributed by atoms with Crippen LogP contribution in [0.4, 0.5) is 18.9 Å². The van der Waals surface area contributed by atoms with Crippen molar-refractivity contribution in [2.45, 2.75) is 13.1 Å². The van der Waals surface area contributed by atoms with Gasteiger partial charge in [0.15, 0.2) is 0 Å². The fourth-order valence-corrected chi connectivity index (χ4v) is 1.27. The zero-order valence-corrected chi connectivity index (χ0v) is 8.22. The highest BCUT2D eigenvalue weighted by Crippen LogP contribution is 2.38. The fourth-order valence-electron chi connectivity index (χ4n) is 1.27. The topological polar surface area (TPSA) is 49.0 Å². The Hall–Kier alpha value is -1.43. The molecule has 3 nitrogen and oxygen atoms in total. The van der Waals surface area contributed by atoms with Crippen LogP contribution >= 0.6 is 0 Å². The third-order valence-corrected chi connectivity index (χ3v) is 1.98. The van der Waals surface area contributed by atoms with Crippen LogP contribution in [0.15, 0.2) is 12.1 Å². The van der Waals surface area contributed by atoms with Gasteiger partial charge in [-0.2, -0.15) is 13.2 Å². The van der Waals surface area contributed by atoms with Crippen molar-refractivity contribution in [2.24, 2.45) is 0 Å². The minimum absolute atomic E-state index is 0.0196. The first-order valence-electron chi connectivity index (χ1n) is 4.06. The van der Waals surface area contributed by atoms with Gasteiger partial charge in [-0.15, -0.1) is 0 Å². The molecule has 0 atom stereocenters. The maximum atomic E-state index is 12.5. The molecule has 0 saturated carbocycles. The lowest BCUT2D eigenvalue weighted by Gasteiger charge is -2.14. The maximum Gasteiger partial charge on any atom is 0.417 e. The lowest BCUT2D eigenvalue weighted by Crippen LogP contribution is -2.09. The Balaban J connectivity index is 3.37. The number of aryl methyl sites for hydroxylation is 1. The Bertz CT molecular complexity index is 374. The first-order valence-corrected chi connectivity index (χ1v) is 4.06. The lowest BCUT2D eigenvalue weighted by molar-refractivity contribution is -0.349. The Morgan fingerprint density at radius 1 is 1.33 bits per heavy atom. The summed E-state index contributed by atoms with van der Waals surface area (Å²) in [4.78, 5) is 0. The minimum atomic E-state index is -4.46. The summed E-state index contributed by atoms with van der Waals surface area (Å²) in [5, 5.41) is 8.99. The van der Waals surface area contributed by atoms with Crippen LogP contribution in [0.1, 0.15) is 11.1 Å². The van der Waals surface area contributed by atoms with E-state index in [0.717, 1.165) is 19.2 Å². The molecule has 0 aromatic heterocycles. The summed E-state index contributed by atoms with van der Waals surface area (Å²) >= 11 is 0. The van der Waals surface area contributed by atoms with Crippen LogP contribution in [-0.4, -0.2) is 12.4 Å². The van der Waals surface area contributed by atoms with Crippen molar-refractivity contribution in [2.75, 3.05) is 12.8 Å². The molecular weight excluding hydrogens is 211 g/mol. The van der Waals surface area contributed by atoms with E-state index < -0.39 is 11.7 Å². The van der Waals surface area contributed by atoms with Crippen molar-refractivity contribution in [1.82, 2.24) is 0 Å². The van der Waals surface area contributed by atoms with E-state index in [0.29, 0.717) is 0 Å². The van der Waals surface area contributed by atoms with Crippen molar-refractivity contribution in [3.63, 3.8) is 0 Å². The molecule has 1 aromatic rings. The molecule has 84 valence electrons. The summed E-state index contributed by atoms with van der Waals surface area (Å²) in [5.74, 6) is -0.145. The number of benzene rings is 1. The van der Waals surface area contributed by atoms with E-state index >= 15 is 0 Å². The molecule has 1 aromatic carbocycles. The second kappa shape index (κ2) is 3.62. The number of halogens is 3. The summed E-state index contributed by atoms with van der Waals surface area (Å²) in [5.41, 5.74) is 4.71. The molecule has 3 N–H and O–H groups in total. The van der Waals surface area contributed by atoms with Crippen LogP contribution in [-0.2, 0) is 10.7 Å². The van der Waals surface area contributed by atoms with Crippen LogP contribution in [0.3, 0.4) is 0 Å². The largest absolute Gasteiger partial charge is 0.417 e. The summed E-state index contributed by atoms with van der Waals surface area (Å²) in [6, 6.07) is 1.95. The van der Waals surface area contributed by atoms with Gasteiger partial charge >= 0.3 is 11.9 Å². The van der Waals surface area contributed by atoms with E-state index in [-0.39, 0.29) is 17.0 Å². The molecule has 0 bridgehead atoms. The predicted octanol–water partition coefficient (Wildman–Crippen LogP) is 2.96. The smallest absolute Gasteiger partial charge is 0.391 e. The fraction of sp³-hybridized carbons (Fsp3) is 0.333. The van der Waals surface area contributed by atoms with Crippen LogP contribution in [0.25, 0.3) is 0 Å². The van der Waals surface area contributed by atoms with E-state index in [4.69, 9.17) is 11.0 Å². The van der Waals surface area contributed by atoms with Crippen LogP contribution in [0.5, 0.6) is 5.75 Å². The van der Waals surface area contributed by atoms with Crippen molar-refractivity contribution in [3.8, 4) is 5.75 Å². The van der Waals surface area contributed by atoms with Gasteiger partial charge in [-0.05, 0) is 18.6 Å². The summed E-state index contributed by atoms with van der Waals surface area (Å²) < 4.78 is 38.8. The molecule has 6 heteroatoms. The van der Waals surface area contributed by atoms with Crippen molar-refractivity contribution < 1.29 is 22.9 Å². The average Bonchev–Trinajstić information content (AvgIpc) is 2.00. The van der Waals surface area contributed by atoms with Crippen LogP contribution in [0.2, 0.25) is 0 Å². The SMILES string of the molecule is Cc1cc(N)c([O+](C)O)cc1C(F)(F)F. The summed E-state index contributed by atoms with van der Waals surface area (Å²) in [6.45, 7) is 1.31. The average molecular weight is 222 g/mol. The Labute approximate surface area is 84.5 Å². The summed E-state index contributed by atoms with van der Waals surface area (Å²) in [6.07, 6.45) is -4.46. The molecule has 0 heterocycles. The second-order valence-corrected chi connectivity index (χ2v) is 3.18. The number of anilines is 1. The number of nitrogens with two attached hydrogens (primary N) is 1. The van der Waals surface area contributed by atoms with Crippen LogP contribution < -0.4 is 5.73 Å². The highest BCUT2D eigenvalue weighted by Gasteiger charge is 2.34. The number of nitrogen functional groups attached to an aromatic ring is 1. The Morgan fingerprint density at radius 2 is 1.87 bits per heavy atom. The van der Waals surface area contributed by atoms with Crippen LogP contribution in [0, 0.1) is 6.92 Å². The zero-order valence-electron chi connectivity index (χ0n) is 8.22. The molecule has 0 radical (unpaired) electrons. The molecule has 0 aliphatic heterocycles. The molecule has 15 heavy (non-hydrogen) atoms. The number of rotatable bonds is 1. The monoisotopic (exact) mass is 222 g/mol. The van der Waals surface area contributed by atoms with E-state index in [9.17, 15) is 13.2 Å². The third kappa shape index (κ3) is 2.33. The van der Waals surface area contributed by atoms with Crippen molar-refractivity contribution in [3.05, 3.63) is 23.3 Å². The van der Waals surface area contributed by atoms with Gasteiger partial charge in [0.05, 0.1) is 11.6 Å². The molecule has 0 aliphatic carbocycles. The Morgan fingerprint density at radius 3 is 2.27 bits per heavy atom. The van der Waals surface area contributed by atoms with Gasteiger partial charge in [0.25, 0.3) is 0 Å². The molecular formula is C9H11F3NO2+. The van der Waals surface area contributed by atoms with Gasteiger partial charge in [-0.25, -0.2) is 0 Å². The second-order valence-electron chi connectivity index (χ2n) is 3.18. The maximum absolute atomic E-state index is 12.5. The third-order valence-electron chi connectivity index (χ3n) is 1.98. The summed E-state index contributed by atoms with van der Waals surface area (Å²) in [7, 11) is 1.13. The minimum Gasteiger partial charge on any atom is -0.391 e. The molecule has 0 amide bonds. The van der Waals surface area contributed by atoms with Crippen molar-refractivity contribution in [1.29, 1.82) is 0 Å². The van der Waals surface area contributed by atoms with E-state index in [1.54, 1.807) is 0 Å². The van der Waals surface area contributed by atoms with E-state index in [2.05, 4.69) is 0 Å². The quantitative estimate of drug-likeness (QED) is 0.332. The van der Waals surface area contributed by atoms with E-state index in [1.807, 2.05) is 0 Å². The lowest BCUT2D eigenvalue weighted by atomic mass is 10.1. The van der Waals surface area contributed by atoms with Crippen molar-refractivity contribution >= 4 is 5.69 Å². The predicted molar refractivity (Wildman–Crippen MR) is 49.7 cm³/mol. The highest BCUT2D eigenvalue weighted by atomic mass is 19.4. The molecule has 0 unspecified atom stereocenters. The molecule has 0 fully saturated rings. The molecule has 1 rings (SSSR count). The van der Waals surface area contributed by atoms with Gasteiger partial charge in [0.2, 0.25) is 7.11 Å². The number of hydrogen-bond donors (Lipinski definition) is 2. The zero-order chi connectivity index (χ0) is 11.8. The van der Waals surface area contributed by atoms with Gasteiger partial charge in [-0.1, -0.05) is 5.26 Å². The standard InChI is InChI=1S/C9H11F3NO2/c1-5-3-7(13)8(15(2)14)4-6(5)9(10,11)12/h3-4,14H,13H2,1-2H3/q+1. The first kappa shape index (κ1) is 11.6. The molecule has 0 aliphatic rings. The van der Waals surface area contributed by atoms with Gasteiger partial charge in [0, 0.05) is 0 Å². The molecule has 0 saturated heterocycles. The van der Waals surface area contributed by atoms with Gasteiger partial charge in [-0.3, -0.25) is 0 Å². The highest BCUT2D eigenvalue weighted by molar-refractivity contribution is 5.57. The normalized spacial score (nSPS) is 11.6. The Kier molecular flexibility index (Phi) is 2.81. The van der Waals surface area contributed by atoms with Gasteiger partial charge < -0.3 is 10.3 Å². The molecule has 0 spiro atoms. The number of alkyl halides is 3. The van der Waals surface area contributed by atoms with Gasteiger partial charge in [0.1, 0.15) is 5.69 Å². The number of hydrogen-bond acceptors (Lipinski definition) is 2. The first-order chi connectivity index (χ1) is 6.73. The van der Waals surface area contributed by atoms with E-state index in [1.165, 1.54) is 11.4 Å².